The summed E-state index contributed by atoms with van der Waals surface area (Å²) in [6, 6.07) is 21.3. The van der Waals surface area contributed by atoms with Gasteiger partial charge in [-0.2, -0.15) is 0 Å². The molecule has 45 heavy (non-hydrogen) atoms. The first kappa shape index (κ1) is 30.6. The molecule has 0 fully saturated rings. The van der Waals surface area contributed by atoms with Gasteiger partial charge in [-0.3, -0.25) is 0 Å². The van der Waals surface area contributed by atoms with Crippen LogP contribution in [0, 0.1) is 0 Å². The van der Waals surface area contributed by atoms with Crippen LogP contribution in [0.5, 0.6) is 0 Å². The number of H-pyrrole nitrogens is 2. The van der Waals surface area contributed by atoms with E-state index in [1.165, 1.54) is 0 Å². The molecule has 5 aromatic rings. The van der Waals surface area contributed by atoms with Gasteiger partial charge >= 0.3 is 11.9 Å². The number of halogens is 2. The normalized spacial score (nSPS) is 11.8. The average Bonchev–Trinajstić information content (AvgIpc) is 3.85. The zero-order valence-electron chi connectivity index (χ0n) is 23.3. The predicted molar refractivity (Wildman–Crippen MR) is 179 cm³/mol. The number of aromatic nitrogens is 4. The molecule has 216 valence electrons. The Morgan fingerprint density at radius 1 is 0.511 bits per heavy atom. The maximum atomic E-state index is 11.5. The van der Waals surface area contributed by atoms with Crippen molar-refractivity contribution in [2.45, 2.75) is 0 Å². The van der Waals surface area contributed by atoms with E-state index in [-0.39, 0.29) is 30.6 Å². The summed E-state index contributed by atoms with van der Waals surface area (Å²) in [5.41, 5.74) is 9.69. The number of fused-ring (bicyclic) bond motifs is 8. The maximum Gasteiger partial charge on any atom is 0.335 e. The monoisotopic (exact) mass is 770 g/mol. The summed E-state index contributed by atoms with van der Waals surface area (Å²) in [5, 5.41) is 18.8. The van der Waals surface area contributed by atoms with Crippen molar-refractivity contribution in [2.24, 2.45) is 0 Å². The van der Waals surface area contributed by atoms with Crippen LogP contribution in [0.3, 0.4) is 0 Å². The third-order valence-electron chi connectivity index (χ3n) is 7.47. The number of carbonyl (C=O) groups is 2. The Bertz CT molecular complexity index is 2090. The molecule has 0 amide bonds. The van der Waals surface area contributed by atoms with Crippen LogP contribution in [0.2, 0.25) is 0 Å². The molecule has 0 aliphatic carbocycles. The van der Waals surface area contributed by atoms with Crippen LogP contribution < -0.4 is 0 Å². The van der Waals surface area contributed by atoms with Crippen molar-refractivity contribution >= 4 is 90.2 Å². The van der Waals surface area contributed by atoms with Crippen LogP contribution in [0.1, 0.15) is 43.5 Å². The van der Waals surface area contributed by atoms with Gasteiger partial charge in [-0.1, -0.05) is 24.3 Å². The Kier molecular flexibility index (Phi) is 8.26. The van der Waals surface area contributed by atoms with Gasteiger partial charge in [-0.25, -0.2) is 19.6 Å². The molecule has 2 aromatic carbocycles. The van der Waals surface area contributed by atoms with Crippen molar-refractivity contribution in [3.63, 3.8) is 0 Å². The topological polar surface area (TPSA) is 132 Å². The molecule has 7 rings (SSSR count). The van der Waals surface area contributed by atoms with Crippen LogP contribution >= 0.6 is 31.9 Å². The second-order valence-electron chi connectivity index (χ2n) is 10.1. The summed E-state index contributed by atoms with van der Waals surface area (Å²) in [6.07, 6.45) is 7.72. The summed E-state index contributed by atoms with van der Waals surface area (Å²) < 4.78 is 1.50. The quantitative estimate of drug-likeness (QED) is 0.132. The zero-order valence-corrected chi connectivity index (χ0v) is 29.4. The van der Waals surface area contributed by atoms with E-state index in [0.717, 1.165) is 53.3 Å². The molecule has 0 spiro atoms. The van der Waals surface area contributed by atoms with Crippen LogP contribution in [-0.4, -0.2) is 42.1 Å². The molecule has 8 bridgehead atoms. The molecule has 4 N–H and O–H groups in total. The van der Waals surface area contributed by atoms with Crippen molar-refractivity contribution in [2.75, 3.05) is 0 Å². The minimum Gasteiger partial charge on any atom is -0.478 e. The fourth-order valence-corrected chi connectivity index (χ4v) is 6.21. The first-order chi connectivity index (χ1) is 21.3. The maximum absolute atomic E-state index is 11.5. The third kappa shape index (κ3) is 5.63. The van der Waals surface area contributed by atoms with Gasteiger partial charge in [0.05, 0.1) is 53.9 Å². The first-order valence-corrected chi connectivity index (χ1v) is 15.0. The molecule has 11 heteroatoms. The number of benzene rings is 2. The SMILES string of the molecule is O=C(O)c1ccc(-c2c3nc(c(Br)c4ccc([nH]4)c(-c4ccc(C(=O)O)cc4)c4nc(c(Br)c5ccc2[nH]5)C=C4)C=C3)cc1.[Zn]. The van der Waals surface area contributed by atoms with Crippen LogP contribution in [0.15, 0.2) is 81.7 Å². The Morgan fingerprint density at radius 2 is 0.844 bits per heavy atom. The zero-order chi connectivity index (χ0) is 30.5. The average molecular weight is 774 g/mol. The van der Waals surface area contributed by atoms with Crippen molar-refractivity contribution in [1.82, 2.24) is 19.9 Å². The molecule has 0 radical (unpaired) electrons. The summed E-state index contributed by atoms with van der Waals surface area (Å²) in [7, 11) is 0. The molecule has 2 aliphatic heterocycles. The summed E-state index contributed by atoms with van der Waals surface area (Å²) in [6.45, 7) is 0. The van der Waals surface area contributed by atoms with E-state index < -0.39 is 11.9 Å². The molecule has 3 aromatic heterocycles. The predicted octanol–water partition coefficient (Wildman–Crippen LogP) is 8.91. The molecule has 5 heterocycles. The largest absolute Gasteiger partial charge is 0.478 e. The molecule has 0 saturated heterocycles. The summed E-state index contributed by atoms with van der Waals surface area (Å²) in [4.78, 5) is 39.9. The van der Waals surface area contributed by atoms with E-state index in [1.54, 1.807) is 48.5 Å². The minimum atomic E-state index is -0.989. The third-order valence-corrected chi connectivity index (χ3v) is 9.13. The summed E-state index contributed by atoms with van der Waals surface area (Å²) in [5.74, 6) is -1.98. The Labute approximate surface area is 285 Å². The van der Waals surface area contributed by atoms with E-state index in [4.69, 9.17) is 9.97 Å². The van der Waals surface area contributed by atoms with E-state index in [2.05, 4.69) is 41.8 Å². The molecule has 0 unspecified atom stereocenters. The summed E-state index contributed by atoms with van der Waals surface area (Å²) >= 11 is 7.50. The van der Waals surface area contributed by atoms with Crippen molar-refractivity contribution in [3.05, 3.63) is 116 Å². The van der Waals surface area contributed by atoms with Crippen molar-refractivity contribution in [3.8, 4) is 22.3 Å². The fourth-order valence-electron chi connectivity index (χ4n) is 5.30. The molecular formula is C34H20Br2N4O4Zn. The Balaban J connectivity index is 0.00000357. The van der Waals surface area contributed by atoms with Gasteiger partial charge in [0.1, 0.15) is 0 Å². The second-order valence-corrected chi connectivity index (χ2v) is 11.7. The van der Waals surface area contributed by atoms with Crippen molar-refractivity contribution < 1.29 is 39.3 Å². The molecular weight excluding hydrogens is 754 g/mol. The Hall–Kier alpha value is -4.44. The molecule has 2 aliphatic rings. The van der Waals surface area contributed by atoms with E-state index >= 15 is 0 Å². The second kappa shape index (κ2) is 12.2. The van der Waals surface area contributed by atoms with E-state index in [9.17, 15) is 19.8 Å². The number of aromatic amines is 2. The number of nitrogens with zero attached hydrogens (tertiary/aromatic N) is 2. The number of aromatic carboxylic acids is 2. The van der Waals surface area contributed by atoms with Crippen LogP contribution in [0.25, 0.3) is 68.6 Å². The first-order valence-electron chi connectivity index (χ1n) is 13.4. The van der Waals surface area contributed by atoms with Gasteiger partial charge in [0.25, 0.3) is 0 Å². The van der Waals surface area contributed by atoms with Crippen LogP contribution in [0.4, 0.5) is 0 Å². The number of nitrogens with one attached hydrogen (secondary N) is 2. The van der Waals surface area contributed by atoms with Gasteiger partial charge in [0.2, 0.25) is 0 Å². The number of hydrogen-bond acceptors (Lipinski definition) is 4. The van der Waals surface area contributed by atoms with Gasteiger partial charge < -0.3 is 20.2 Å². The van der Waals surface area contributed by atoms with E-state index in [0.29, 0.717) is 22.8 Å². The van der Waals surface area contributed by atoms with Crippen molar-refractivity contribution in [1.29, 1.82) is 0 Å². The number of carboxylic acids is 2. The van der Waals surface area contributed by atoms with Gasteiger partial charge in [-0.05, 0) is 116 Å². The van der Waals surface area contributed by atoms with Gasteiger partial charge in [-0.15, -0.1) is 0 Å². The van der Waals surface area contributed by atoms with Gasteiger partial charge in [0, 0.05) is 41.6 Å². The number of carboxylic acid groups (broad SMARTS) is 2. The molecule has 8 nitrogen and oxygen atoms in total. The van der Waals surface area contributed by atoms with E-state index in [1.807, 2.05) is 48.6 Å². The number of hydrogen-bond donors (Lipinski definition) is 4. The fraction of sp³-hybridized carbons (Fsp3) is 0. The molecule has 0 saturated carbocycles. The number of rotatable bonds is 4. The van der Waals surface area contributed by atoms with Gasteiger partial charge in [0.15, 0.2) is 0 Å². The Morgan fingerprint density at radius 3 is 1.20 bits per heavy atom. The molecule has 0 atom stereocenters. The smallest absolute Gasteiger partial charge is 0.335 e. The minimum absolute atomic E-state index is 0. The van der Waals surface area contributed by atoms with Crippen LogP contribution in [-0.2, 0) is 19.5 Å². The standard InChI is InChI=1S/C34H20Br2N4O4.Zn/c35-31-25-13-9-21(37-25)29(17-1-5-19(6-2-17)33(41)42)22-10-14-26(38-22)32(36)28-16-12-24(40-28)30(23-11-15-27(31)39-23)18-3-7-20(8-4-18)34(43)44;/h1-16,37,40H,(H,41,42)(H,43,44);.